The highest BCUT2D eigenvalue weighted by Crippen LogP contribution is 2.31. The first-order valence-electron chi connectivity index (χ1n) is 9.69. The van der Waals surface area contributed by atoms with Crippen molar-refractivity contribution in [3.05, 3.63) is 101 Å². The molecule has 0 aliphatic carbocycles. The SMILES string of the molecule is COc1ccc(NC2=C(c3ccccc3)C(=O)N(Cc3ccc(C)cc3)C2=O)cc1. The van der Waals surface area contributed by atoms with Gasteiger partial charge in [0.15, 0.2) is 0 Å². The molecule has 1 N–H and O–H groups in total. The number of carbonyl (C=O) groups is 2. The summed E-state index contributed by atoms with van der Waals surface area (Å²) in [6, 6.07) is 24.3. The molecule has 1 heterocycles. The number of benzene rings is 3. The Labute approximate surface area is 175 Å². The number of carbonyl (C=O) groups excluding carboxylic acids is 2. The minimum atomic E-state index is -0.338. The van der Waals surface area contributed by atoms with E-state index in [0.717, 1.165) is 11.1 Å². The number of hydrogen-bond donors (Lipinski definition) is 1. The lowest BCUT2D eigenvalue weighted by Gasteiger charge is -2.15. The van der Waals surface area contributed by atoms with E-state index < -0.39 is 0 Å². The first-order chi connectivity index (χ1) is 14.6. The van der Waals surface area contributed by atoms with Gasteiger partial charge in [-0.3, -0.25) is 14.5 Å². The molecule has 0 unspecified atom stereocenters. The van der Waals surface area contributed by atoms with Crippen LogP contribution >= 0.6 is 0 Å². The van der Waals surface area contributed by atoms with Crippen molar-refractivity contribution < 1.29 is 14.3 Å². The summed E-state index contributed by atoms with van der Waals surface area (Å²) in [7, 11) is 1.60. The Hall–Kier alpha value is -3.86. The van der Waals surface area contributed by atoms with Gasteiger partial charge < -0.3 is 10.1 Å². The molecule has 0 saturated carbocycles. The molecule has 5 nitrogen and oxygen atoms in total. The maximum absolute atomic E-state index is 13.3. The Kier molecular flexibility index (Phi) is 5.35. The van der Waals surface area contributed by atoms with E-state index in [1.54, 1.807) is 19.2 Å². The summed E-state index contributed by atoms with van der Waals surface area (Å²) in [5, 5.41) is 3.16. The molecule has 30 heavy (non-hydrogen) atoms. The zero-order valence-electron chi connectivity index (χ0n) is 16.9. The predicted molar refractivity (Wildman–Crippen MR) is 117 cm³/mol. The number of imide groups is 1. The van der Waals surface area contributed by atoms with Gasteiger partial charge in [-0.05, 0) is 42.3 Å². The molecular formula is C25H22N2O3. The largest absolute Gasteiger partial charge is 0.497 e. The summed E-state index contributed by atoms with van der Waals surface area (Å²) in [4.78, 5) is 27.8. The molecular weight excluding hydrogens is 376 g/mol. The molecule has 0 radical (unpaired) electrons. The summed E-state index contributed by atoms with van der Waals surface area (Å²) >= 11 is 0. The zero-order chi connectivity index (χ0) is 21.1. The average Bonchev–Trinajstić information content (AvgIpc) is 3.00. The van der Waals surface area contributed by atoms with Gasteiger partial charge in [0.25, 0.3) is 11.8 Å². The van der Waals surface area contributed by atoms with Crippen LogP contribution in [0.25, 0.3) is 5.57 Å². The summed E-state index contributed by atoms with van der Waals surface area (Å²) in [5.74, 6) is 0.0747. The third-order valence-electron chi connectivity index (χ3n) is 5.05. The lowest BCUT2D eigenvalue weighted by molar-refractivity contribution is -0.137. The van der Waals surface area contributed by atoms with Crippen LogP contribution in [-0.4, -0.2) is 23.8 Å². The molecule has 150 valence electrons. The fraction of sp³-hybridized carbons (Fsp3) is 0.120. The lowest BCUT2D eigenvalue weighted by atomic mass is 10.0. The Balaban J connectivity index is 1.69. The maximum atomic E-state index is 13.3. The van der Waals surface area contributed by atoms with Gasteiger partial charge >= 0.3 is 0 Å². The summed E-state index contributed by atoms with van der Waals surface area (Å²) in [5.41, 5.74) is 4.10. The lowest BCUT2D eigenvalue weighted by Crippen LogP contribution is -2.32. The fourth-order valence-electron chi connectivity index (χ4n) is 3.40. The minimum Gasteiger partial charge on any atom is -0.497 e. The molecule has 2 amide bonds. The number of nitrogens with one attached hydrogen (secondary N) is 1. The Morgan fingerprint density at radius 2 is 1.50 bits per heavy atom. The molecule has 0 fully saturated rings. The number of aryl methyl sites for hydroxylation is 1. The number of methoxy groups -OCH3 is 1. The predicted octanol–water partition coefficient (Wildman–Crippen LogP) is 4.40. The quantitative estimate of drug-likeness (QED) is 0.626. The first kappa shape index (κ1) is 19.5. The third-order valence-corrected chi connectivity index (χ3v) is 5.05. The topological polar surface area (TPSA) is 58.6 Å². The van der Waals surface area contributed by atoms with Crippen molar-refractivity contribution in [3.63, 3.8) is 0 Å². The van der Waals surface area contributed by atoms with Crippen LogP contribution in [-0.2, 0) is 16.1 Å². The van der Waals surface area contributed by atoms with Gasteiger partial charge in [0.05, 0.1) is 19.2 Å². The van der Waals surface area contributed by atoms with Crippen molar-refractivity contribution in [3.8, 4) is 5.75 Å². The molecule has 1 aliphatic rings. The van der Waals surface area contributed by atoms with Crippen LogP contribution in [0.5, 0.6) is 5.75 Å². The van der Waals surface area contributed by atoms with Gasteiger partial charge in [-0.1, -0.05) is 60.2 Å². The summed E-state index contributed by atoms with van der Waals surface area (Å²) < 4.78 is 5.19. The number of hydrogen-bond acceptors (Lipinski definition) is 4. The highest BCUT2D eigenvalue weighted by Gasteiger charge is 2.39. The highest BCUT2D eigenvalue weighted by atomic mass is 16.5. The van der Waals surface area contributed by atoms with E-state index in [-0.39, 0.29) is 24.1 Å². The van der Waals surface area contributed by atoms with E-state index >= 15 is 0 Å². The van der Waals surface area contributed by atoms with Crippen LogP contribution in [0.2, 0.25) is 0 Å². The zero-order valence-corrected chi connectivity index (χ0v) is 16.9. The summed E-state index contributed by atoms with van der Waals surface area (Å²) in [6.07, 6.45) is 0. The highest BCUT2D eigenvalue weighted by molar-refractivity contribution is 6.36. The molecule has 0 bridgehead atoms. The van der Waals surface area contributed by atoms with E-state index in [1.807, 2.05) is 73.7 Å². The molecule has 3 aromatic carbocycles. The standard InChI is InChI=1S/C25H22N2O3/c1-17-8-10-18(11-9-17)16-27-24(28)22(19-6-4-3-5-7-19)23(25(27)29)26-20-12-14-21(30-2)15-13-20/h3-15,26H,16H2,1-2H3. The van der Waals surface area contributed by atoms with E-state index in [4.69, 9.17) is 4.74 Å². The van der Waals surface area contributed by atoms with Gasteiger partial charge in [0.1, 0.15) is 11.4 Å². The van der Waals surface area contributed by atoms with E-state index in [0.29, 0.717) is 22.6 Å². The second-order valence-electron chi connectivity index (χ2n) is 7.15. The van der Waals surface area contributed by atoms with Crippen LogP contribution in [0.1, 0.15) is 16.7 Å². The van der Waals surface area contributed by atoms with Crippen molar-refractivity contribution in [1.82, 2.24) is 4.90 Å². The average molecular weight is 398 g/mol. The molecule has 0 spiro atoms. The van der Waals surface area contributed by atoms with Crippen molar-refractivity contribution in [1.29, 1.82) is 0 Å². The van der Waals surface area contributed by atoms with Gasteiger partial charge in [-0.25, -0.2) is 0 Å². The van der Waals surface area contributed by atoms with Crippen molar-refractivity contribution in [2.45, 2.75) is 13.5 Å². The second kappa shape index (κ2) is 8.25. The monoisotopic (exact) mass is 398 g/mol. The van der Waals surface area contributed by atoms with Gasteiger partial charge in [0, 0.05) is 5.69 Å². The number of rotatable bonds is 6. The van der Waals surface area contributed by atoms with Crippen molar-refractivity contribution >= 4 is 23.1 Å². The Bertz CT molecular complexity index is 1100. The fourth-order valence-corrected chi connectivity index (χ4v) is 3.40. The molecule has 1 aliphatic heterocycles. The number of anilines is 1. The molecule has 3 aromatic rings. The maximum Gasteiger partial charge on any atom is 0.278 e. The molecule has 0 saturated heterocycles. The third kappa shape index (κ3) is 3.82. The van der Waals surface area contributed by atoms with Crippen LogP contribution < -0.4 is 10.1 Å². The van der Waals surface area contributed by atoms with Crippen LogP contribution in [0.3, 0.4) is 0 Å². The van der Waals surface area contributed by atoms with E-state index in [9.17, 15) is 9.59 Å². The number of amides is 2. The smallest absolute Gasteiger partial charge is 0.278 e. The van der Waals surface area contributed by atoms with Crippen molar-refractivity contribution in [2.75, 3.05) is 12.4 Å². The van der Waals surface area contributed by atoms with Gasteiger partial charge in [0.2, 0.25) is 0 Å². The van der Waals surface area contributed by atoms with E-state index in [2.05, 4.69) is 5.32 Å². The Morgan fingerprint density at radius 1 is 0.833 bits per heavy atom. The van der Waals surface area contributed by atoms with Crippen LogP contribution in [0.4, 0.5) is 5.69 Å². The normalized spacial score (nSPS) is 13.7. The molecule has 0 aromatic heterocycles. The summed E-state index contributed by atoms with van der Waals surface area (Å²) in [6.45, 7) is 2.23. The molecule has 0 atom stereocenters. The first-order valence-corrected chi connectivity index (χ1v) is 9.69. The Morgan fingerprint density at radius 3 is 2.13 bits per heavy atom. The number of nitrogens with zero attached hydrogens (tertiary/aromatic N) is 1. The second-order valence-corrected chi connectivity index (χ2v) is 7.15. The van der Waals surface area contributed by atoms with Crippen LogP contribution in [0, 0.1) is 6.92 Å². The van der Waals surface area contributed by atoms with Crippen molar-refractivity contribution in [2.24, 2.45) is 0 Å². The molecule has 5 heteroatoms. The minimum absolute atomic E-state index is 0.224. The van der Waals surface area contributed by atoms with Gasteiger partial charge in [-0.2, -0.15) is 0 Å². The van der Waals surface area contributed by atoms with E-state index in [1.165, 1.54) is 4.90 Å². The number of ether oxygens (including phenoxy) is 1. The van der Waals surface area contributed by atoms with Gasteiger partial charge in [-0.15, -0.1) is 0 Å². The molecule has 4 rings (SSSR count). The van der Waals surface area contributed by atoms with Crippen LogP contribution in [0.15, 0.2) is 84.6 Å².